The van der Waals surface area contributed by atoms with Gasteiger partial charge in [-0.1, -0.05) is 20.8 Å². The van der Waals surface area contributed by atoms with Crippen molar-refractivity contribution in [2.24, 2.45) is 5.41 Å². The summed E-state index contributed by atoms with van der Waals surface area (Å²) in [4.78, 5) is 0. The number of ether oxygens (including phenoxy) is 1. The van der Waals surface area contributed by atoms with E-state index in [0.29, 0.717) is 6.61 Å². The van der Waals surface area contributed by atoms with E-state index in [-0.39, 0.29) is 11.5 Å². The highest BCUT2D eigenvalue weighted by molar-refractivity contribution is 4.87. The fraction of sp³-hybridized carbons (Fsp3) is 0.889. The van der Waals surface area contributed by atoms with E-state index in [1.165, 1.54) is 0 Å². The van der Waals surface area contributed by atoms with Crippen molar-refractivity contribution in [3.8, 4) is 6.07 Å². The summed E-state index contributed by atoms with van der Waals surface area (Å²) in [5.41, 5.74) is 0.176. The summed E-state index contributed by atoms with van der Waals surface area (Å²) in [6.07, 6.45) is 0.567. The molecule has 11 heavy (non-hydrogen) atoms. The van der Waals surface area contributed by atoms with Crippen LogP contribution in [-0.4, -0.2) is 12.7 Å². The lowest BCUT2D eigenvalue weighted by molar-refractivity contribution is 0.0708. The molecule has 1 atom stereocenters. The van der Waals surface area contributed by atoms with Crippen LogP contribution < -0.4 is 0 Å². The third-order valence-corrected chi connectivity index (χ3v) is 1.31. The van der Waals surface area contributed by atoms with Gasteiger partial charge in [0.1, 0.15) is 6.10 Å². The molecule has 64 valence electrons. The maximum Gasteiger partial charge on any atom is 0.144 e. The molecule has 0 spiro atoms. The van der Waals surface area contributed by atoms with Gasteiger partial charge in [0, 0.05) is 6.61 Å². The van der Waals surface area contributed by atoms with Gasteiger partial charge in [0.05, 0.1) is 6.07 Å². The highest BCUT2D eigenvalue weighted by atomic mass is 16.5. The first kappa shape index (κ1) is 10.4. The van der Waals surface area contributed by atoms with E-state index in [0.717, 1.165) is 6.42 Å². The molecule has 0 N–H and O–H groups in total. The Morgan fingerprint density at radius 3 is 2.27 bits per heavy atom. The van der Waals surface area contributed by atoms with E-state index in [1.54, 1.807) is 0 Å². The molecule has 0 fully saturated rings. The summed E-state index contributed by atoms with van der Waals surface area (Å²) < 4.78 is 5.21. The SMILES string of the molecule is CCOC(C#N)CC(C)(C)C. The van der Waals surface area contributed by atoms with E-state index in [1.807, 2.05) is 6.92 Å². The van der Waals surface area contributed by atoms with Gasteiger partial charge in [0.2, 0.25) is 0 Å². The summed E-state index contributed by atoms with van der Waals surface area (Å²) in [5.74, 6) is 0. The largest absolute Gasteiger partial charge is 0.364 e. The Bertz CT molecular complexity index is 141. The van der Waals surface area contributed by atoms with Crippen molar-refractivity contribution in [2.75, 3.05) is 6.61 Å². The van der Waals surface area contributed by atoms with Crippen molar-refractivity contribution in [1.82, 2.24) is 0 Å². The van der Waals surface area contributed by atoms with Gasteiger partial charge in [0.15, 0.2) is 0 Å². The minimum absolute atomic E-state index is 0.176. The van der Waals surface area contributed by atoms with Gasteiger partial charge in [0.25, 0.3) is 0 Å². The third kappa shape index (κ3) is 5.87. The Morgan fingerprint density at radius 2 is 2.00 bits per heavy atom. The smallest absolute Gasteiger partial charge is 0.144 e. The molecule has 2 nitrogen and oxygen atoms in total. The van der Waals surface area contributed by atoms with Crippen molar-refractivity contribution in [2.45, 2.75) is 40.2 Å². The van der Waals surface area contributed by atoms with Crippen LogP contribution >= 0.6 is 0 Å². The second-order valence-corrected chi connectivity index (χ2v) is 3.84. The van der Waals surface area contributed by atoms with Gasteiger partial charge < -0.3 is 4.74 Å². The highest BCUT2D eigenvalue weighted by Gasteiger charge is 2.17. The van der Waals surface area contributed by atoms with Crippen molar-refractivity contribution in [3.05, 3.63) is 0 Å². The maximum absolute atomic E-state index is 8.65. The number of nitriles is 1. The standard InChI is InChI=1S/C9H17NO/c1-5-11-8(7-10)6-9(2,3)4/h8H,5-6H2,1-4H3. The zero-order chi connectivity index (χ0) is 8.91. The van der Waals surface area contributed by atoms with Crippen LogP contribution in [0.25, 0.3) is 0 Å². The van der Waals surface area contributed by atoms with Crippen LogP contribution in [0.5, 0.6) is 0 Å². The minimum Gasteiger partial charge on any atom is -0.364 e. The number of rotatable bonds is 3. The molecule has 0 saturated carbocycles. The number of nitrogens with zero attached hydrogens (tertiary/aromatic N) is 1. The first-order valence-electron chi connectivity index (χ1n) is 4.01. The summed E-state index contributed by atoms with van der Waals surface area (Å²) in [5, 5.41) is 8.65. The molecule has 0 heterocycles. The fourth-order valence-corrected chi connectivity index (χ4v) is 0.899. The van der Waals surface area contributed by atoms with Gasteiger partial charge >= 0.3 is 0 Å². The zero-order valence-electron chi connectivity index (χ0n) is 7.85. The molecule has 0 aliphatic rings. The molecule has 0 aliphatic heterocycles. The Morgan fingerprint density at radius 1 is 1.45 bits per heavy atom. The minimum atomic E-state index is -0.236. The van der Waals surface area contributed by atoms with Gasteiger partial charge in [-0.2, -0.15) is 5.26 Å². The van der Waals surface area contributed by atoms with Crippen LogP contribution in [0.3, 0.4) is 0 Å². The molecular weight excluding hydrogens is 138 g/mol. The van der Waals surface area contributed by atoms with Crippen LogP contribution in [0.1, 0.15) is 34.1 Å². The van der Waals surface area contributed by atoms with E-state index in [9.17, 15) is 0 Å². The van der Waals surface area contributed by atoms with Gasteiger partial charge in [-0.25, -0.2) is 0 Å². The quantitative estimate of drug-likeness (QED) is 0.626. The summed E-state index contributed by atoms with van der Waals surface area (Å²) in [6, 6.07) is 2.14. The second kappa shape index (κ2) is 4.35. The monoisotopic (exact) mass is 155 g/mol. The van der Waals surface area contributed by atoms with Crippen LogP contribution in [-0.2, 0) is 4.74 Å². The van der Waals surface area contributed by atoms with E-state index >= 15 is 0 Å². The highest BCUT2D eigenvalue weighted by Crippen LogP contribution is 2.21. The summed E-state index contributed by atoms with van der Waals surface area (Å²) >= 11 is 0. The average molecular weight is 155 g/mol. The van der Waals surface area contributed by atoms with E-state index < -0.39 is 0 Å². The Kier molecular flexibility index (Phi) is 4.14. The molecule has 0 radical (unpaired) electrons. The molecule has 0 aromatic heterocycles. The average Bonchev–Trinajstić information content (AvgIpc) is 1.84. The molecule has 1 unspecified atom stereocenters. The molecule has 0 bridgehead atoms. The maximum atomic E-state index is 8.65. The third-order valence-electron chi connectivity index (χ3n) is 1.31. The molecule has 0 aromatic rings. The predicted octanol–water partition coefficient (Wildman–Crippen LogP) is 2.35. The molecule has 0 rings (SSSR count). The lowest BCUT2D eigenvalue weighted by Gasteiger charge is -2.20. The summed E-state index contributed by atoms with van der Waals surface area (Å²) in [6.45, 7) is 8.85. The first-order chi connectivity index (χ1) is 4.99. The molecular formula is C9H17NO. The lowest BCUT2D eigenvalue weighted by Crippen LogP contribution is -2.19. The normalized spacial score (nSPS) is 14.1. The van der Waals surface area contributed by atoms with Crippen molar-refractivity contribution >= 4 is 0 Å². The molecule has 0 aromatic carbocycles. The molecule has 0 saturated heterocycles. The topological polar surface area (TPSA) is 33.0 Å². The second-order valence-electron chi connectivity index (χ2n) is 3.84. The molecule has 2 heteroatoms. The Balaban J connectivity index is 3.81. The number of hydrogen-bond donors (Lipinski definition) is 0. The first-order valence-corrected chi connectivity index (χ1v) is 4.01. The number of hydrogen-bond acceptors (Lipinski definition) is 2. The van der Waals surface area contributed by atoms with Gasteiger partial charge in [-0.05, 0) is 18.8 Å². The zero-order valence-corrected chi connectivity index (χ0v) is 7.85. The van der Waals surface area contributed by atoms with Gasteiger partial charge in [-0.3, -0.25) is 0 Å². The van der Waals surface area contributed by atoms with Crippen molar-refractivity contribution in [1.29, 1.82) is 5.26 Å². The van der Waals surface area contributed by atoms with Crippen molar-refractivity contribution in [3.63, 3.8) is 0 Å². The van der Waals surface area contributed by atoms with Crippen LogP contribution in [0, 0.1) is 16.7 Å². The molecule has 0 amide bonds. The fourth-order valence-electron chi connectivity index (χ4n) is 0.899. The van der Waals surface area contributed by atoms with Crippen molar-refractivity contribution < 1.29 is 4.74 Å². The Labute approximate surface area is 69.2 Å². The lowest BCUT2D eigenvalue weighted by atomic mass is 9.89. The van der Waals surface area contributed by atoms with E-state index in [4.69, 9.17) is 10.00 Å². The Hall–Kier alpha value is -0.550. The molecule has 0 aliphatic carbocycles. The van der Waals surface area contributed by atoms with Gasteiger partial charge in [-0.15, -0.1) is 0 Å². The van der Waals surface area contributed by atoms with Crippen LogP contribution in [0.4, 0.5) is 0 Å². The van der Waals surface area contributed by atoms with Crippen LogP contribution in [0.2, 0.25) is 0 Å². The summed E-state index contributed by atoms with van der Waals surface area (Å²) in [7, 11) is 0. The predicted molar refractivity (Wildman–Crippen MR) is 45.1 cm³/mol. The van der Waals surface area contributed by atoms with E-state index in [2.05, 4.69) is 26.8 Å². The van der Waals surface area contributed by atoms with Crippen LogP contribution in [0.15, 0.2) is 0 Å².